The first-order chi connectivity index (χ1) is 8.54. The Hall–Kier alpha value is -1.93. The van der Waals surface area contributed by atoms with Crippen LogP contribution in [0.4, 0.5) is 26.3 Å². The number of hydrogen-bond acceptors (Lipinski definition) is 3. The van der Waals surface area contributed by atoms with E-state index in [9.17, 15) is 31.1 Å². The van der Waals surface area contributed by atoms with Gasteiger partial charge in [0.1, 0.15) is 5.75 Å². The lowest BCUT2D eigenvalue weighted by Crippen LogP contribution is -2.20. The van der Waals surface area contributed by atoms with Gasteiger partial charge in [-0.3, -0.25) is 0 Å². The van der Waals surface area contributed by atoms with Crippen molar-refractivity contribution in [1.29, 1.82) is 0 Å². The van der Waals surface area contributed by atoms with E-state index < -0.39 is 35.4 Å². The Kier molecular flexibility index (Phi) is 3.97. The first-order valence-electron chi connectivity index (χ1n) is 4.60. The molecule has 9 heteroatoms. The Morgan fingerprint density at radius 1 is 1.11 bits per heavy atom. The number of methoxy groups -OCH3 is 1. The molecule has 0 saturated heterocycles. The van der Waals surface area contributed by atoms with Crippen molar-refractivity contribution in [2.75, 3.05) is 7.11 Å². The van der Waals surface area contributed by atoms with Gasteiger partial charge in [0.05, 0.1) is 18.2 Å². The molecule has 0 heterocycles. The number of hydrogen-bond donors (Lipinski definition) is 0. The average molecular weight is 288 g/mol. The van der Waals surface area contributed by atoms with Gasteiger partial charge in [-0.2, -0.15) is 13.2 Å². The SMILES string of the molecule is COC(=O)c1ccc(OC(F)(F)F)c(C(F)(F)F)c1. The van der Waals surface area contributed by atoms with Gasteiger partial charge in [0.2, 0.25) is 0 Å². The lowest BCUT2D eigenvalue weighted by Gasteiger charge is -2.15. The molecule has 1 aromatic rings. The van der Waals surface area contributed by atoms with E-state index >= 15 is 0 Å². The van der Waals surface area contributed by atoms with Gasteiger partial charge in [0, 0.05) is 0 Å². The largest absolute Gasteiger partial charge is 0.573 e. The van der Waals surface area contributed by atoms with E-state index in [0.717, 1.165) is 13.2 Å². The predicted molar refractivity (Wildman–Crippen MR) is 49.5 cm³/mol. The van der Waals surface area contributed by atoms with Crippen LogP contribution in [0.3, 0.4) is 0 Å². The number of rotatable bonds is 2. The summed E-state index contributed by atoms with van der Waals surface area (Å²) in [6, 6.07) is 1.37. The summed E-state index contributed by atoms with van der Waals surface area (Å²) in [5, 5.41) is 0. The number of halogens is 6. The molecule has 1 aromatic carbocycles. The molecule has 3 nitrogen and oxygen atoms in total. The number of carbonyl (C=O) groups is 1. The second-order valence-electron chi connectivity index (χ2n) is 3.25. The smallest absolute Gasteiger partial charge is 0.465 e. The average Bonchev–Trinajstić information content (AvgIpc) is 2.25. The fraction of sp³-hybridized carbons (Fsp3) is 0.300. The van der Waals surface area contributed by atoms with E-state index in [-0.39, 0.29) is 6.07 Å². The summed E-state index contributed by atoms with van der Waals surface area (Å²) in [5.41, 5.74) is -2.25. The van der Waals surface area contributed by atoms with Gasteiger partial charge in [-0.15, -0.1) is 13.2 Å². The fourth-order valence-electron chi connectivity index (χ4n) is 1.21. The summed E-state index contributed by atoms with van der Waals surface area (Å²) in [6.07, 6.45) is -10.4. The minimum atomic E-state index is -5.27. The second kappa shape index (κ2) is 4.98. The van der Waals surface area contributed by atoms with Crippen molar-refractivity contribution in [2.24, 2.45) is 0 Å². The monoisotopic (exact) mass is 288 g/mol. The van der Waals surface area contributed by atoms with Crippen LogP contribution in [0.25, 0.3) is 0 Å². The first kappa shape index (κ1) is 15.1. The van der Waals surface area contributed by atoms with Crippen LogP contribution in [0.1, 0.15) is 15.9 Å². The van der Waals surface area contributed by atoms with Gasteiger partial charge in [-0.1, -0.05) is 0 Å². The molecule has 0 aliphatic rings. The molecule has 0 aliphatic carbocycles. The Morgan fingerprint density at radius 2 is 1.68 bits per heavy atom. The van der Waals surface area contributed by atoms with Gasteiger partial charge < -0.3 is 9.47 Å². The molecule has 0 amide bonds. The van der Waals surface area contributed by atoms with Crippen molar-refractivity contribution < 1.29 is 40.6 Å². The summed E-state index contributed by atoms with van der Waals surface area (Å²) in [5.74, 6) is -2.54. The van der Waals surface area contributed by atoms with Gasteiger partial charge in [0.15, 0.2) is 0 Å². The zero-order valence-electron chi connectivity index (χ0n) is 9.22. The van der Waals surface area contributed by atoms with Crippen LogP contribution in [0.5, 0.6) is 5.75 Å². The number of benzene rings is 1. The highest BCUT2D eigenvalue weighted by Gasteiger charge is 2.39. The Balaban J connectivity index is 3.29. The van der Waals surface area contributed by atoms with Crippen LogP contribution in [0.15, 0.2) is 18.2 Å². The highest BCUT2D eigenvalue weighted by Crippen LogP contribution is 2.38. The van der Waals surface area contributed by atoms with E-state index in [1.807, 2.05) is 0 Å². The molecular weight excluding hydrogens is 282 g/mol. The summed E-state index contributed by atoms with van der Waals surface area (Å²) >= 11 is 0. The van der Waals surface area contributed by atoms with Gasteiger partial charge in [0.25, 0.3) is 0 Å². The maximum Gasteiger partial charge on any atom is 0.573 e. The molecule has 0 atom stereocenters. The van der Waals surface area contributed by atoms with Crippen molar-refractivity contribution >= 4 is 5.97 Å². The summed E-state index contributed by atoms with van der Waals surface area (Å²) in [6.45, 7) is 0. The van der Waals surface area contributed by atoms with Crippen molar-refractivity contribution in [3.8, 4) is 5.75 Å². The molecule has 106 valence electrons. The second-order valence-corrected chi connectivity index (χ2v) is 3.25. The van der Waals surface area contributed by atoms with E-state index in [0.29, 0.717) is 6.07 Å². The zero-order valence-corrected chi connectivity index (χ0v) is 9.22. The highest BCUT2D eigenvalue weighted by atomic mass is 19.4. The fourth-order valence-corrected chi connectivity index (χ4v) is 1.21. The molecule has 0 bridgehead atoms. The van der Waals surface area contributed by atoms with Crippen molar-refractivity contribution in [1.82, 2.24) is 0 Å². The van der Waals surface area contributed by atoms with Crippen LogP contribution < -0.4 is 4.74 Å². The topological polar surface area (TPSA) is 35.5 Å². The van der Waals surface area contributed by atoms with Crippen LogP contribution in [-0.2, 0) is 10.9 Å². The quantitative estimate of drug-likeness (QED) is 0.618. The zero-order chi connectivity index (χ0) is 14.8. The molecule has 0 N–H and O–H groups in total. The standard InChI is InChI=1S/C10H6F6O3/c1-18-8(17)5-2-3-7(19-10(14,15)16)6(4-5)9(11,12)13/h2-4H,1H3. The molecule has 0 aromatic heterocycles. The van der Waals surface area contributed by atoms with Crippen molar-refractivity contribution in [3.63, 3.8) is 0 Å². The third-order valence-corrected chi connectivity index (χ3v) is 1.93. The number of carbonyl (C=O) groups excluding carboxylic acids is 1. The minimum absolute atomic E-state index is 0.229. The predicted octanol–water partition coefficient (Wildman–Crippen LogP) is 3.39. The van der Waals surface area contributed by atoms with Gasteiger partial charge >= 0.3 is 18.5 Å². The van der Waals surface area contributed by atoms with Crippen molar-refractivity contribution in [2.45, 2.75) is 12.5 Å². The third-order valence-electron chi connectivity index (χ3n) is 1.93. The maximum absolute atomic E-state index is 12.6. The van der Waals surface area contributed by atoms with E-state index in [2.05, 4.69) is 9.47 Å². The summed E-state index contributed by atoms with van der Waals surface area (Å²) in [4.78, 5) is 11.0. The molecule has 0 fully saturated rings. The summed E-state index contributed by atoms with van der Waals surface area (Å²) < 4.78 is 81.0. The van der Waals surface area contributed by atoms with Crippen molar-refractivity contribution in [3.05, 3.63) is 29.3 Å². The van der Waals surface area contributed by atoms with E-state index in [4.69, 9.17) is 0 Å². The van der Waals surface area contributed by atoms with E-state index in [1.165, 1.54) is 0 Å². The van der Waals surface area contributed by atoms with Crippen LogP contribution in [0, 0.1) is 0 Å². The Labute approximate surface area is 102 Å². The lowest BCUT2D eigenvalue weighted by atomic mass is 10.1. The molecular formula is C10H6F6O3. The Bertz CT molecular complexity index is 477. The highest BCUT2D eigenvalue weighted by molar-refractivity contribution is 5.89. The minimum Gasteiger partial charge on any atom is -0.465 e. The Morgan fingerprint density at radius 3 is 2.11 bits per heavy atom. The number of ether oxygens (including phenoxy) is 2. The molecule has 1 rings (SSSR count). The van der Waals surface area contributed by atoms with Crippen LogP contribution in [0.2, 0.25) is 0 Å². The molecule has 0 unspecified atom stereocenters. The number of esters is 1. The third kappa shape index (κ3) is 4.04. The summed E-state index contributed by atoms with van der Waals surface area (Å²) in [7, 11) is 0.926. The maximum atomic E-state index is 12.6. The molecule has 0 radical (unpaired) electrons. The normalized spacial score (nSPS) is 12.2. The molecule has 0 aliphatic heterocycles. The first-order valence-corrected chi connectivity index (χ1v) is 4.60. The molecule has 0 saturated carbocycles. The van der Waals surface area contributed by atoms with Crippen LogP contribution >= 0.6 is 0 Å². The molecule has 0 spiro atoms. The lowest BCUT2D eigenvalue weighted by molar-refractivity contribution is -0.276. The van der Waals surface area contributed by atoms with Gasteiger partial charge in [-0.05, 0) is 18.2 Å². The number of alkyl halides is 6. The van der Waals surface area contributed by atoms with E-state index in [1.54, 1.807) is 0 Å². The van der Waals surface area contributed by atoms with Gasteiger partial charge in [-0.25, -0.2) is 4.79 Å². The molecule has 19 heavy (non-hydrogen) atoms. The van der Waals surface area contributed by atoms with Crippen LogP contribution in [-0.4, -0.2) is 19.4 Å².